The number of amides is 1. The first-order valence-corrected chi connectivity index (χ1v) is 8.95. The van der Waals surface area contributed by atoms with Crippen LogP contribution in [0, 0.1) is 0 Å². The molecule has 1 atom stereocenters. The van der Waals surface area contributed by atoms with Crippen molar-refractivity contribution in [1.29, 1.82) is 0 Å². The fraction of sp³-hybridized carbons (Fsp3) is 0.250. The second-order valence-electron chi connectivity index (χ2n) is 6.77. The van der Waals surface area contributed by atoms with Gasteiger partial charge in [0.05, 0.1) is 25.2 Å². The lowest BCUT2D eigenvalue weighted by Gasteiger charge is -2.17. The number of hydrogen-bond donors (Lipinski definition) is 3. The maximum absolute atomic E-state index is 12.4. The minimum atomic E-state index is -1.67. The van der Waals surface area contributed by atoms with Crippen molar-refractivity contribution in [1.82, 2.24) is 5.32 Å². The van der Waals surface area contributed by atoms with E-state index in [1.807, 2.05) is 42.5 Å². The van der Waals surface area contributed by atoms with Crippen molar-refractivity contribution in [2.75, 3.05) is 6.61 Å². The van der Waals surface area contributed by atoms with Gasteiger partial charge in [-0.05, 0) is 35.2 Å². The molecular weight excluding hydrogens is 345 g/mol. The summed E-state index contributed by atoms with van der Waals surface area (Å²) in [6.45, 7) is 0.669. The fourth-order valence-corrected chi connectivity index (χ4v) is 3.45. The molecule has 27 heavy (non-hydrogen) atoms. The van der Waals surface area contributed by atoms with Gasteiger partial charge in [0.15, 0.2) is 0 Å². The smallest absolute Gasteiger partial charge is 0.475 e. The number of furan rings is 1. The van der Waals surface area contributed by atoms with Crippen molar-refractivity contribution in [2.45, 2.75) is 25.2 Å². The first-order valence-electron chi connectivity index (χ1n) is 8.95. The van der Waals surface area contributed by atoms with Crippen molar-refractivity contribution >= 4 is 24.0 Å². The third kappa shape index (κ3) is 3.84. The van der Waals surface area contributed by atoms with Crippen LogP contribution in [-0.4, -0.2) is 35.6 Å². The number of ether oxygens (including phenoxy) is 1. The molecule has 3 aromatic rings. The van der Waals surface area contributed by atoms with E-state index in [1.54, 1.807) is 6.26 Å². The van der Waals surface area contributed by atoms with Crippen molar-refractivity contribution in [3.63, 3.8) is 0 Å². The Bertz CT molecular complexity index is 968. The number of hydrogen-bond acceptors (Lipinski definition) is 5. The monoisotopic (exact) mass is 365 g/mol. The largest absolute Gasteiger partial charge is 0.493 e. The molecule has 4 rings (SSSR count). The average molecular weight is 365 g/mol. The number of rotatable bonds is 6. The summed E-state index contributed by atoms with van der Waals surface area (Å²) < 4.78 is 11.0. The summed E-state index contributed by atoms with van der Waals surface area (Å²) in [6.07, 6.45) is 2.87. The van der Waals surface area contributed by atoms with Crippen LogP contribution in [0.5, 0.6) is 5.75 Å². The third-order valence-electron chi connectivity index (χ3n) is 4.83. The molecule has 7 heteroatoms. The maximum atomic E-state index is 12.4. The zero-order valence-corrected chi connectivity index (χ0v) is 14.7. The summed E-state index contributed by atoms with van der Waals surface area (Å²) in [6, 6.07) is 13.2. The van der Waals surface area contributed by atoms with Crippen molar-refractivity contribution in [2.24, 2.45) is 0 Å². The van der Waals surface area contributed by atoms with Crippen LogP contribution >= 0.6 is 0 Å². The Kier molecular flexibility index (Phi) is 4.88. The highest BCUT2D eigenvalue weighted by Crippen LogP contribution is 2.26. The van der Waals surface area contributed by atoms with E-state index in [0.29, 0.717) is 6.61 Å². The lowest BCUT2D eigenvalue weighted by Crippen LogP contribution is -2.48. The summed E-state index contributed by atoms with van der Waals surface area (Å²) in [5.41, 5.74) is 3.52. The van der Waals surface area contributed by atoms with E-state index < -0.39 is 13.1 Å². The molecule has 3 N–H and O–H groups in total. The van der Waals surface area contributed by atoms with Crippen LogP contribution in [0.3, 0.4) is 0 Å². The molecule has 1 amide bonds. The van der Waals surface area contributed by atoms with Gasteiger partial charge in [-0.15, -0.1) is 0 Å². The van der Waals surface area contributed by atoms with Crippen LogP contribution in [0.1, 0.15) is 16.7 Å². The lowest BCUT2D eigenvalue weighted by atomic mass is 9.75. The Labute approximate surface area is 156 Å². The van der Waals surface area contributed by atoms with Gasteiger partial charge in [0.2, 0.25) is 5.91 Å². The van der Waals surface area contributed by atoms with E-state index in [9.17, 15) is 14.8 Å². The molecule has 0 bridgehead atoms. The molecular formula is C20H20BNO5. The molecule has 2 aromatic carbocycles. The molecule has 0 spiro atoms. The van der Waals surface area contributed by atoms with Crippen LogP contribution in [0.15, 0.2) is 53.1 Å². The highest BCUT2D eigenvalue weighted by atomic mass is 16.5. The molecule has 1 aliphatic heterocycles. The molecule has 0 radical (unpaired) electrons. The highest BCUT2D eigenvalue weighted by molar-refractivity contribution is 6.43. The Morgan fingerprint density at radius 2 is 2.07 bits per heavy atom. The second-order valence-corrected chi connectivity index (χ2v) is 6.77. The van der Waals surface area contributed by atoms with Crippen LogP contribution in [0.4, 0.5) is 0 Å². The molecule has 0 aliphatic carbocycles. The Hall–Kier alpha value is -2.77. The molecule has 1 aromatic heterocycles. The number of fused-ring (bicyclic) bond motifs is 2. The number of carbonyl (C=O) groups excluding carboxylic acids is 1. The summed E-state index contributed by atoms with van der Waals surface area (Å²) in [7, 11) is -1.67. The fourth-order valence-electron chi connectivity index (χ4n) is 3.45. The van der Waals surface area contributed by atoms with Gasteiger partial charge in [-0.25, -0.2) is 0 Å². The number of nitrogens with one attached hydrogen (secondary N) is 1. The SMILES string of the molecule is O=C(Cc1ccc2c(c1)CCO2)N[C@@H](Cc1coc2ccccc12)B(O)O. The number of benzene rings is 2. The minimum absolute atomic E-state index is 0.169. The normalized spacial score (nSPS) is 13.9. The van der Waals surface area contributed by atoms with Crippen LogP contribution in [0.2, 0.25) is 0 Å². The lowest BCUT2D eigenvalue weighted by molar-refractivity contribution is -0.120. The van der Waals surface area contributed by atoms with E-state index >= 15 is 0 Å². The number of carbonyl (C=O) groups is 1. The number of para-hydroxylation sites is 1. The Balaban J connectivity index is 1.44. The average Bonchev–Trinajstić information content (AvgIpc) is 3.27. The zero-order valence-electron chi connectivity index (χ0n) is 14.7. The third-order valence-corrected chi connectivity index (χ3v) is 4.83. The van der Waals surface area contributed by atoms with Crippen LogP contribution < -0.4 is 10.1 Å². The molecule has 0 saturated heterocycles. The van der Waals surface area contributed by atoms with Crippen molar-refractivity contribution in [3.8, 4) is 5.75 Å². The van der Waals surface area contributed by atoms with Crippen LogP contribution in [0.25, 0.3) is 11.0 Å². The molecule has 1 aliphatic rings. The predicted molar refractivity (Wildman–Crippen MR) is 101 cm³/mol. The zero-order chi connectivity index (χ0) is 18.8. The van der Waals surface area contributed by atoms with Gasteiger partial charge in [-0.2, -0.15) is 0 Å². The molecule has 2 heterocycles. The van der Waals surface area contributed by atoms with E-state index in [4.69, 9.17) is 9.15 Å². The quantitative estimate of drug-likeness (QED) is 0.578. The molecule has 0 fully saturated rings. The Morgan fingerprint density at radius 3 is 2.93 bits per heavy atom. The molecule has 6 nitrogen and oxygen atoms in total. The summed E-state index contributed by atoms with van der Waals surface area (Å²) in [4.78, 5) is 12.4. The summed E-state index contributed by atoms with van der Waals surface area (Å²) in [5.74, 6) is -0.217. The standard InChI is InChI=1S/C20H20BNO5/c23-20(10-13-5-6-17-14(9-13)7-8-26-17)22-19(21(24)25)11-15-12-27-18-4-2-1-3-16(15)18/h1-6,9,12,19,24-25H,7-8,10-11H2,(H,22,23)/t19-/m0/s1. The van der Waals surface area contributed by atoms with Crippen LogP contribution in [-0.2, 0) is 24.1 Å². The van der Waals surface area contributed by atoms with Gasteiger partial charge in [-0.3, -0.25) is 4.79 Å². The highest BCUT2D eigenvalue weighted by Gasteiger charge is 2.27. The Morgan fingerprint density at radius 1 is 1.22 bits per heavy atom. The van der Waals surface area contributed by atoms with E-state index in [0.717, 1.165) is 39.8 Å². The van der Waals surface area contributed by atoms with Gasteiger partial charge >= 0.3 is 7.12 Å². The van der Waals surface area contributed by atoms with Gasteiger partial charge in [-0.1, -0.05) is 30.3 Å². The van der Waals surface area contributed by atoms with Crippen molar-refractivity contribution in [3.05, 3.63) is 65.4 Å². The van der Waals surface area contributed by atoms with Gasteiger partial charge < -0.3 is 24.5 Å². The summed E-state index contributed by atoms with van der Waals surface area (Å²) in [5, 5.41) is 23.1. The first kappa shape index (κ1) is 17.6. The molecule has 138 valence electrons. The minimum Gasteiger partial charge on any atom is -0.493 e. The van der Waals surface area contributed by atoms with Gasteiger partial charge in [0, 0.05) is 11.8 Å². The van der Waals surface area contributed by atoms with Gasteiger partial charge in [0.25, 0.3) is 0 Å². The predicted octanol–water partition coefficient (Wildman–Crippen LogP) is 1.65. The maximum Gasteiger partial charge on any atom is 0.475 e. The second kappa shape index (κ2) is 7.46. The van der Waals surface area contributed by atoms with Crippen molar-refractivity contribution < 1.29 is 24.0 Å². The van der Waals surface area contributed by atoms with Gasteiger partial charge in [0.1, 0.15) is 11.3 Å². The summed E-state index contributed by atoms with van der Waals surface area (Å²) >= 11 is 0. The molecule has 0 saturated carbocycles. The van der Waals surface area contributed by atoms with E-state index in [2.05, 4.69) is 5.32 Å². The molecule has 0 unspecified atom stereocenters. The van der Waals surface area contributed by atoms with E-state index in [-0.39, 0.29) is 18.7 Å². The topological polar surface area (TPSA) is 91.9 Å². The first-order chi connectivity index (χ1) is 13.1. The van der Waals surface area contributed by atoms with E-state index in [1.165, 1.54) is 0 Å².